The molecule has 0 aliphatic carbocycles. The van der Waals surface area contributed by atoms with E-state index >= 15 is 0 Å². The van der Waals surface area contributed by atoms with Crippen molar-refractivity contribution in [3.63, 3.8) is 0 Å². The molecule has 2 fully saturated rings. The average Bonchev–Trinajstić information content (AvgIpc) is 2.74. The van der Waals surface area contributed by atoms with Crippen LogP contribution in [0, 0.1) is 0 Å². The van der Waals surface area contributed by atoms with Gasteiger partial charge in [-0.15, -0.1) is 0 Å². The number of rotatable bonds is 1. The second-order valence-corrected chi connectivity index (χ2v) is 2.81. The number of hydrogen-bond acceptors (Lipinski definition) is 3. The Morgan fingerprint density at radius 2 is 2.10 bits per heavy atom. The predicted molar refractivity (Wildman–Crippen MR) is 39.0 cm³/mol. The number of epoxide rings is 2. The van der Waals surface area contributed by atoms with Crippen LogP contribution in [0.25, 0.3) is 0 Å². The first-order valence-electron chi connectivity index (χ1n) is 3.35. The van der Waals surface area contributed by atoms with Crippen LogP contribution in [0.15, 0.2) is 0 Å². The fraction of sp³-hybridized carbons (Fsp3) is 1.00. The molecule has 0 spiro atoms. The second kappa shape index (κ2) is 3.53. The summed E-state index contributed by atoms with van der Waals surface area (Å²) >= 11 is 5.31. The van der Waals surface area contributed by atoms with Crippen molar-refractivity contribution in [2.75, 3.05) is 13.2 Å². The fourth-order valence-electron chi connectivity index (χ4n) is 0.364. The maximum absolute atomic E-state index is 5.31. The molecule has 2 N–H and O–H groups in total. The monoisotopic (exact) mass is 165 g/mol. The van der Waals surface area contributed by atoms with E-state index in [2.05, 4.69) is 4.74 Å². The number of hydrogen-bond donors (Lipinski definition) is 1. The summed E-state index contributed by atoms with van der Waals surface area (Å²) in [6.07, 6.45) is 0.728. The topological polar surface area (TPSA) is 51.1 Å². The Bertz CT molecular complexity index is 102. The van der Waals surface area contributed by atoms with Gasteiger partial charge in [0.05, 0.1) is 18.8 Å². The van der Waals surface area contributed by atoms with Crippen LogP contribution in [0.5, 0.6) is 0 Å². The van der Waals surface area contributed by atoms with Gasteiger partial charge < -0.3 is 15.2 Å². The first kappa shape index (κ1) is 8.27. The lowest BCUT2D eigenvalue weighted by atomic mass is 10.5. The zero-order valence-corrected chi connectivity index (χ0v) is 6.67. The molecule has 3 unspecified atom stereocenters. The first-order chi connectivity index (χ1) is 4.74. The summed E-state index contributed by atoms with van der Waals surface area (Å²) in [6, 6.07) is 0. The molecule has 60 valence electrons. The van der Waals surface area contributed by atoms with Crippen LogP contribution in [-0.4, -0.2) is 30.9 Å². The van der Waals surface area contributed by atoms with Gasteiger partial charge in [0.25, 0.3) is 0 Å². The third-order valence-corrected chi connectivity index (χ3v) is 1.76. The Labute approximate surface area is 65.4 Å². The van der Waals surface area contributed by atoms with E-state index in [0.29, 0.717) is 18.8 Å². The molecule has 0 amide bonds. The highest BCUT2D eigenvalue weighted by molar-refractivity contribution is 6.21. The van der Waals surface area contributed by atoms with E-state index in [9.17, 15) is 0 Å². The summed E-state index contributed by atoms with van der Waals surface area (Å²) in [5, 5.41) is 0. The molecule has 0 aromatic heterocycles. The van der Waals surface area contributed by atoms with Gasteiger partial charge in [-0.1, -0.05) is 11.6 Å². The van der Waals surface area contributed by atoms with Crippen LogP contribution in [0.3, 0.4) is 0 Å². The van der Waals surface area contributed by atoms with Crippen molar-refractivity contribution >= 4 is 11.6 Å². The van der Waals surface area contributed by atoms with E-state index in [0.717, 1.165) is 6.61 Å². The molecule has 2 heterocycles. The van der Waals surface area contributed by atoms with Crippen molar-refractivity contribution in [2.45, 2.75) is 24.7 Å². The molecule has 4 heteroatoms. The van der Waals surface area contributed by atoms with Crippen LogP contribution in [0.4, 0.5) is 0 Å². The molecule has 0 saturated carbocycles. The van der Waals surface area contributed by atoms with Gasteiger partial charge in [-0.25, -0.2) is 0 Å². The lowest BCUT2D eigenvalue weighted by Gasteiger charge is -1.71. The van der Waals surface area contributed by atoms with E-state index in [1.807, 2.05) is 6.92 Å². The van der Waals surface area contributed by atoms with Gasteiger partial charge in [0.2, 0.25) is 0 Å². The van der Waals surface area contributed by atoms with Crippen molar-refractivity contribution in [1.29, 1.82) is 0 Å². The number of nitrogens with two attached hydrogens (primary N) is 1. The Morgan fingerprint density at radius 1 is 1.70 bits per heavy atom. The molecule has 0 aromatic carbocycles. The van der Waals surface area contributed by atoms with Crippen molar-refractivity contribution in [2.24, 2.45) is 5.73 Å². The first-order valence-corrected chi connectivity index (χ1v) is 3.79. The molecular weight excluding hydrogens is 154 g/mol. The maximum atomic E-state index is 5.31. The smallest absolute Gasteiger partial charge is 0.157 e. The quantitative estimate of drug-likeness (QED) is 0.450. The highest BCUT2D eigenvalue weighted by Crippen LogP contribution is 2.23. The fourth-order valence-corrected chi connectivity index (χ4v) is 0.526. The highest BCUT2D eigenvalue weighted by atomic mass is 35.5. The summed E-state index contributed by atoms with van der Waals surface area (Å²) < 4.78 is 9.41. The van der Waals surface area contributed by atoms with Gasteiger partial charge in [0, 0.05) is 6.54 Å². The Morgan fingerprint density at radius 3 is 2.10 bits per heavy atom. The summed E-state index contributed by atoms with van der Waals surface area (Å²) in [5.41, 5.74) is 5.13. The highest BCUT2D eigenvalue weighted by Gasteiger charge is 2.30. The molecule has 2 saturated heterocycles. The summed E-state index contributed by atoms with van der Waals surface area (Å²) in [5.74, 6) is 0. The number of ether oxygens (including phenoxy) is 2. The minimum atomic E-state index is 0.0231. The van der Waals surface area contributed by atoms with Crippen LogP contribution < -0.4 is 5.73 Å². The molecule has 2 aliphatic rings. The summed E-state index contributed by atoms with van der Waals surface area (Å²) in [4.78, 5) is 0. The average molecular weight is 166 g/mol. The van der Waals surface area contributed by atoms with Gasteiger partial charge in [0.15, 0.2) is 5.56 Å². The van der Waals surface area contributed by atoms with Gasteiger partial charge in [-0.05, 0) is 6.92 Å². The van der Waals surface area contributed by atoms with E-state index in [1.165, 1.54) is 0 Å². The minimum absolute atomic E-state index is 0.0231. The van der Waals surface area contributed by atoms with Crippen LogP contribution in [-0.2, 0) is 9.47 Å². The molecule has 0 aromatic rings. The normalized spacial score (nSPS) is 41.7. The summed E-state index contributed by atoms with van der Waals surface area (Å²) in [7, 11) is 0. The largest absolute Gasteiger partial charge is 0.372 e. The van der Waals surface area contributed by atoms with Gasteiger partial charge in [-0.3, -0.25) is 0 Å². The Kier molecular flexibility index (Phi) is 2.92. The molecular formula is C6H12ClNO2. The minimum Gasteiger partial charge on any atom is -0.372 e. The van der Waals surface area contributed by atoms with Crippen LogP contribution >= 0.6 is 11.6 Å². The van der Waals surface area contributed by atoms with E-state index < -0.39 is 0 Å². The van der Waals surface area contributed by atoms with Crippen LogP contribution in [0.2, 0.25) is 0 Å². The number of alkyl halides is 1. The van der Waals surface area contributed by atoms with E-state index in [-0.39, 0.29) is 5.56 Å². The predicted octanol–water partition coefficient (Wildman–Crippen LogP) is 0.314. The van der Waals surface area contributed by atoms with Crippen molar-refractivity contribution in [1.82, 2.24) is 0 Å². The van der Waals surface area contributed by atoms with Gasteiger partial charge in [0.1, 0.15) is 0 Å². The van der Waals surface area contributed by atoms with Crippen LogP contribution in [0.1, 0.15) is 6.92 Å². The van der Waals surface area contributed by atoms with E-state index in [1.54, 1.807) is 0 Å². The molecule has 3 atom stereocenters. The SMILES string of the molecule is CC1OC1Cl.NCC1CO1. The van der Waals surface area contributed by atoms with E-state index in [4.69, 9.17) is 22.1 Å². The van der Waals surface area contributed by atoms with Crippen molar-refractivity contribution in [3.8, 4) is 0 Å². The summed E-state index contributed by atoms with van der Waals surface area (Å²) in [6.45, 7) is 3.52. The third kappa shape index (κ3) is 3.37. The molecule has 2 aliphatic heterocycles. The van der Waals surface area contributed by atoms with Crippen molar-refractivity contribution < 1.29 is 9.47 Å². The zero-order valence-electron chi connectivity index (χ0n) is 5.92. The number of halogens is 1. The lowest BCUT2D eigenvalue weighted by molar-refractivity contribution is 0.411. The third-order valence-electron chi connectivity index (χ3n) is 1.30. The molecule has 3 nitrogen and oxygen atoms in total. The maximum Gasteiger partial charge on any atom is 0.157 e. The zero-order chi connectivity index (χ0) is 7.56. The Hall–Kier alpha value is 0.170. The Balaban J connectivity index is 0.0000001000. The second-order valence-electron chi connectivity index (χ2n) is 2.38. The van der Waals surface area contributed by atoms with Gasteiger partial charge in [-0.2, -0.15) is 0 Å². The standard InChI is InChI=1S/C3H5ClO.C3H7NO/c1-2-3(4)5-2;4-1-3-2-5-3/h2-3H,1H3;3H,1-2,4H2. The molecule has 0 bridgehead atoms. The van der Waals surface area contributed by atoms with Crippen molar-refractivity contribution in [3.05, 3.63) is 0 Å². The molecule has 10 heavy (non-hydrogen) atoms. The molecule has 2 rings (SSSR count). The molecule has 0 radical (unpaired) electrons. The van der Waals surface area contributed by atoms with Gasteiger partial charge >= 0.3 is 0 Å². The lowest BCUT2D eigenvalue weighted by Crippen LogP contribution is -2.05.